The number of benzene rings is 1. The Hall–Kier alpha value is -1.83. The van der Waals surface area contributed by atoms with Gasteiger partial charge in [-0.2, -0.15) is 13.2 Å². The number of nitrogens with one attached hydrogen (secondary N) is 1. The first-order valence-electron chi connectivity index (χ1n) is 7.85. The molecule has 138 valence electrons. The normalized spacial score (nSPS) is 22.0. The molecule has 0 spiro atoms. The Morgan fingerprint density at radius 2 is 1.88 bits per heavy atom. The molecule has 1 fully saturated rings. The minimum atomic E-state index is -4.35. The van der Waals surface area contributed by atoms with Crippen LogP contribution in [0.15, 0.2) is 12.1 Å². The van der Waals surface area contributed by atoms with Gasteiger partial charge in [0.15, 0.2) is 11.5 Å². The first-order valence-corrected chi connectivity index (χ1v) is 8.23. The molecule has 1 unspecified atom stereocenters. The summed E-state index contributed by atoms with van der Waals surface area (Å²) in [5.74, 6) is -0.672. The van der Waals surface area contributed by atoms with Crippen molar-refractivity contribution in [3.63, 3.8) is 0 Å². The molecular weight excluding hydrogens is 361 g/mol. The first kappa shape index (κ1) is 18.0. The summed E-state index contributed by atoms with van der Waals surface area (Å²) in [4.78, 5) is 13.7. The number of alkyl halides is 3. The highest BCUT2D eigenvalue weighted by atomic mass is 35.5. The second-order valence-electron chi connectivity index (χ2n) is 6.59. The summed E-state index contributed by atoms with van der Waals surface area (Å²) in [6.07, 6.45) is -4.48. The Kier molecular flexibility index (Phi) is 4.43. The molecule has 2 amide bonds. The van der Waals surface area contributed by atoms with Crippen molar-refractivity contribution in [2.75, 3.05) is 25.1 Å². The summed E-state index contributed by atoms with van der Waals surface area (Å²) in [7, 11) is 0. The lowest BCUT2D eigenvalue weighted by molar-refractivity contribution is -0.189. The summed E-state index contributed by atoms with van der Waals surface area (Å²) in [6.45, 7) is 3.63. The number of amides is 2. The van der Waals surface area contributed by atoms with Crippen LogP contribution in [0, 0.1) is 5.92 Å². The first-order chi connectivity index (χ1) is 11.6. The van der Waals surface area contributed by atoms with Crippen LogP contribution >= 0.6 is 11.6 Å². The molecule has 2 heterocycles. The quantitative estimate of drug-likeness (QED) is 0.792. The number of ether oxygens (including phenoxy) is 2. The van der Waals surface area contributed by atoms with Gasteiger partial charge in [0.1, 0.15) is 13.2 Å². The number of carbonyl (C=O) groups is 1. The van der Waals surface area contributed by atoms with Crippen LogP contribution < -0.4 is 14.8 Å². The summed E-state index contributed by atoms with van der Waals surface area (Å²) >= 11 is 6.14. The monoisotopic (exact) mass is 378 g/mol. The number of carbonyl (C=O) groups excluding carboxylic acids is 1. The second kappa shape index (κ2) is 6.16. The van der Waals surface area contributed by atoms with Crippen LogP contribution in [0.4, 0.5) is 23.7 Å². The van der Waals surface area contributed by atoms with Crippen LogP contribution in [0.5, 0.6) is 11.5 Å². The second-order valence-corrected chi connectivity index (χ2v) is 7.00. The number of halogens is 4. The molecule has 0 saturated carbocycles. The molecule has 1 N–H and O–H groups in total. The van der Waals surface area contributed by atoms with E-state index in [1.807, 2.05) is 0 Å². The number of fused-ring (bicyclic) bond motifs is 1. The predicted octanol–water partition coefficient (Wildman–Crippen LogP) is 4.31. The zero-order valence-corrected chi connectivity index (χ0v) is 14.5. The van der Waals surface area contributed by atoms with Gasteiger partial charge in [-0.05, 0) is 20.3 Å². The van der Waals surface area contributed by atoms with E-state index in [4.69, 9.17) is 21.1 Å². The van der Waals surface area contributed by atoms with Crippen molar-refractivity contribution < 1.29 is 27.4 Å². The van der Waals surface area contributed by atoms with E-state index >= 15 is 0 Å². The van der Waals surface area contributed by atoms with Crippen molar-refractivity contribution in [2.45, 2.75) is 32.0 Å². The van der Waals surface area contributed by atoms with Crippen molar-refractivity contribution in [1.82, 2.24) is 4.90 Å². The minimum absolute atomic E-state index is 0.0190. The fraction of sp³-hybridized carbons (Fsp3) is 0.562. The van der Waals surface area contributed by atoms with Crippen molar-refractivity contribution in [3.8, 4) is 11.5 Å². The number of nitrogens with zero attached hydrogens (tertiary/aromatic N) is 1. The Balaban J connectivity index is 1.79. The summed E-state index contributed by atoms with van der Waals surface area (Å²) < 4.78 is 50.3. The van der Waals surface area contributed by atoms with E-state index < -0.39 is 23.7 Å². The molecule has 1 aromatic rings. The maximum atomic E-state index is 13.2. The minimum Gasteiger partial charge on any atom is -0.486 e. The van der Waals surface area contributed by atoms with Crippen LogP contribution in [-0.4, -0.2) is 42.4 Å². The van der Waals surface area contributed by atoms with Crippen LogP contribution in [0.25, 0.3) is 0 Å². The molecule has 1 saturated heterocycles. The van der Waals surface area contributed by atoms with E-state index in [-0.39, 0.29) is 23.7 Å². The lowest BCUT2D eigenvalue weighted by Crippen LogP contribution is -2.51. The molecule has 0 aromatic heterocycles. The topological polar surface area (TPSA) is 50.8 Å². The largest absolute Gasteiger partial charge is 0.486 e. The van der Waals surface area contributed by atoms with E-state index in [1.165, 1.54) is 30.9 Å². The maximum absolute atomic E-state index is 13.2. The number of likely N-dealkylation sites (tertiary alicyclic amines) is 1. The molecule has 0 bridgehead atoms. The Bertz CT molecular complexity index is 694. The average molecular weight is 379 g/mol. The van der Waals surface area contributed by atoms with Crippen LogP contribution in [0.2, 0.25) is 5.02 Å². The Morgan fingerprint density at radius 3 is 2.44 bits per heavy atom. The number of hydrogen-bond donors (Lipinski definition) is 1. The SMILES string of the molecule is CC1(C)C(C(F)(F)F)CCN1C(=O)Nc1cc2c(cc1Cl)OCCO2. The third-order valence-corrected chi connectivity index (χ3v) is 5.02. The molecule has 1 aromatic carbocycles. The van der Waals surface area contributed by atoms with Gasteiger partial charge in [0, 0.05) is 18.7 Å². The van der Waals surface area contributed by atoms with E-state index in [0.29, 0.717) is 24.7 Å². The maximum Gasteiger partial charge on any atom is 0.394 e. The van der Waals surface area contributed by atoms with Gasteiger partial charge in [0.05, 0.1) is 22.2 Å². The van der Waals surface area contributed by atoms with E-state index in [1.54, 1.807) is 0 Å². The van der Waals surface area contributed by atoms with Crippen molar-refractivity contribution in [3.05, 3.63) is 17.2 Å². The number of urea groups is 1. The van der Waals surface area contributed by atoms with Crippen molar-refractivity contribution in [1.29, 1.82) is 0 Å². The molecule has 5 nitrogen and oxygen atoms in total. The van der Waals surface area contributed by atoms with Gasteiger partial charge in [-0.25, -0.2) is 4.79 Å². The fourth-order valence-corrected chi connectivity index (χ4v) is 3.56. The molecule has 0 radical (unpaired) electrons. The predicted molar refractivity (Wildman–Crippen MR) is 86.4 cm³/mol. The highest BCUT2D eigenvalue weighted by Gasteiger charge is 2.56. The highest BCUT2D eigenvalue weighted by Crippen LogP contribution is 2.45. The van der Waals surface area contributed by atoms with E-state index in [9.17, 15) is 18.0 Å². The summed E-state index contributed by atoms with van der Waals surface area (Å²) in [5, 5.41) is 2.81. The molecule has 0 aliphatic carbocycles. The van der Waals surface area contributed by atoms with Gasteiger partial charge in [0.25, 0.3) is 0 Å². The van der Waals surface area contributed by atoms with Gasteiger partial charge >= 0.3 is 12.2 Å². The van der Waals surface area contributed by atoms with E-state index in [2.05, 4.69) is 5.32 Å². The molecular formula is C16H18ClF3N2O3. The molecule has 2 aliphatic rings. The smallest absolute Gasteiger partial charge is 0.394 e. The van der Waals surface area contributed by atoms with E-state index in [0.717, 1.165) is 0 Å². The third-order valence-electron chi connectivity index (χ3n) is 4.70. The average Bonchev–Trinajstić information content (AvgIpc) is 2.83. The van der Waals surface area contributed by atoms with Gasteiger partial charge in [0.2, 0.25) is 0 Å². The van der Waals surface area contributed by atoms with Crippen LogP contribution in [0.3, 0.4) is 0 Å². The van der Waals surface area contributed by atoms with Gasteiger partial charge in [-0.15, -0.1) is 0 Å². The molecule has 1 atom stereocenters. The van der Waals surface area contributed by atoms with Gasteiger partial charge in [-0.1, -0.05) is 11.6 Å². The van der Waals surface area contributed by atoms with Crippen molar-refractivity contribution >= 4 is 23.3 Å². The van der Waals surface area contributed by atoms with Gasteiger partial charge in [-0.3, -0.25) is 0 Å². The number of anilines is 1. The van der Waals surface area contributed by atoms with Crippen molar-refractivity contribution in [2.24, 2.45) is 5.92 Å². The molecule has 2 aliphatic heterocycles. The third kappa shape index (κ3) is 3.31. The molecule has 3 rings (SSSR count). The Morgan fingerprint density at radius 1 is 1.28 bits per heavy atom. The number of hydrogen-bond acceptors (Lipinski definition) is 3. The van der Waals surface area contributed by atoms with Crippen LogP contribution in [-0.2, 0) is 0 Å². The fourth-order valence-electron chi connectivity index (χ4n) is 3.36. The molecule has 25 heavy (non-hydrogen) atoms. The summed E-state index contributed by atoms with van der Waals surface area (Å²) in [5.41, 5.74) is -1.08. The van der Waals surface area contributed by atoms with Crippen LogP contribution in [0.1, 0.15) is 20.3 Å². The zero-order chi connectivity index (χ0) is 18.4. The lowest BCUT2D eigenvalue weighted by Gasteiger charge is -2.36. The lowest BCUT2D eigenvalue weighted by atomic mass is 9.88. The Labute approximate surface area is 148 Å². The standard InChI is InChI=1S/C16H18ClF3N2O3/c1-15(2)13(16(18,19)20)3-4-22(15)14(23)21-10-8-12-11(7-9(10)17)24-5-6-25-12/h7-8,13H,3-6H2,1-2H3,(H,21,23). The zero-order valence-electron chi connectivity index (χ0n) is 13.7. The highest BCUT2D eigenvalue weighted by molar-refractivity contribution is 6.34. The summed E-state index contributed by atoms with van der Waals surface area (Å²) in [6, 6.07) is 2.40. The molecule has 9 heteroatoms. The van der Waals surface area contributed by atoms with Gasteiger partial charge < -0.3 is 19.7 Å². The number of rotatable bonds is 1.